The van der Waals surface area contributed by atoms with Crippen molar-refractivity contribution in [3.05, 3.63) is 59.2 Å². The summed E-state index contributed by atoms with van der Waals surface area (Å²) in [6.07, 6.45) is 0. The summed E-state index contributed by atoms with van der Waals surface area (Å²) in [7, 11) is 0. The second kappa shape index (κ2) is 9.18. The van der Waals surface area contributed by atoms with Crippen molar-refractivity contribution in [1.29, 1.82) is 0 Å². The Hall–Kier alpha value is -3.08. The van der Waals surface area contributed by atoms with Gasteiger partial charge in [-0.1, -0.05) is 23.3 Å². The maximum Gasteiger partial charge on any atom is 0.240 e. The van der Waals surface area contributed by atoms with Crippen LogP contribution in [0, 0.1) is 13.8 Å². The van der Waals surface area contributed by atoms with Gasteiger partial charge in [0.2, 0.25) is 11.8 Å². The lowest BCUT2D eigenvalue weighted by atomic mass is 9.82. The van der Waals surface area contributed by atoms with E-state index in [-0.39, 0.29) is 29.4 Å². The number of aryl methyl sites for hydroxylation is 2. The van der Waals surface area contributed by atoms with E-state index in [4.69, 9.17) is 0 Å². The Labute approximate surface area is 210 Å². The van der Waals surface area contributed by atoms with Gasteiger partial charge in [0.05, 0.1) is 5.41 Å². The normalized spacial score (nSPS) is 12.6. The van der Waals surface area contributed by atoms with Crippen LogP contribution in [0.5, 0.6) is 0 Å². The first-order chi connectivity index (χ1) is 16.0. The highest BCUT2D eigenvalue weighted by atomic mass is 16.2. The van der Waals surface area contributed by atoms with Crippen molar-refractivity contribution >= 4 is 22.7 Å². The standard InChI is InChI=1S/C30H41N3O2/c1-19-13-20(2)15-21(14-19)25-17-22-16-23(30(9,10)27(35)32-29(6,7)8)11-12-24(22)33(25)18-26(34)31-28(3,4)5/h11-17H,18H2,1-10H3,(H,31,34)(H,32,35). The van der Waals surface area contributed by atoms with Gasteiger partial charge in [0.25, 0.3) is 0 Å². The van der Waals surface area contributed by atoms with Gasteiger partial charge in [-0.25, -0.2) is 0 Å². The van der Waals surface area contributed by atoms with E-state index in [2.05, 4.69) is 59.4 Å². The Balaban J connectivity index is 2.14. The number of aromatic nitrogens is 1. The lowest BCUT2D eigenvalue weighted by Gasteiger charge is -2.30. The Morgan fingerprint density at radius 2 is 1.34 bits per heavy atom. The number of benzene rings is 2. The number of nitrogens with zero attached hydrogens (tertiary/aromatic N) is 1. The van der Waals surface area contributed by atoms with Gasteiger partial charge in [-0.2, -0.15) is 0 Å². The molecule has 2 amide bonds. The highest BCUT2D eigenvalue weighted by Crippen LogP contribution is 2.33. The van der Waals surface area contributed by atoms with Gasteiger partial charge < -0.3 is 15.2 Å². The lowest BCUT2D eigenvalue weighted by Crippen LogP contribution is -2.48. The Bertz CT molecular complexity index is 1250. The molecule has 188 valence electrons. The van der Waals surface area contributed by atoms with E-state index in [0.29, 0.717) is 0 Å². The van der Waals surface area contributed by atoms with Crippen molar-refractivity contribution in [2.45, 2.75) is 92.3 Å². The molecule has 0 spiro atoms. The summed E-state index contributed by atoms with van der Waals surface area (Å²) in [6, 6.07) is 14.7. The van der Waals surface area contributed by atoms with E-state index in [1.54, 1.807) is 0 Å². The molecule has 0 radical (unpaired) electrons. The molecule has 3 aromatic rings. The fraction of sp³-hybridized carbons (Fsp3) is 0.467. The van der Waals surface area contributed by atoms with E-state index in [1.807, 2.05) is 67.5 Å². The number of fused-ring (bicyclic) bond motifs is 1. The average Bonchev–Trinajstić information content (AvgIpc) is 3.02. The van der Waals surface area contributed by atoms with Crippen LogP contribution in [0.2, 0.25) is 0 Å². The van der Waals surface area contributed by atoms with Crippen molar-refractivity contribution in [2.24, 2.45) is 0 Å². The van der Waals surface area contributed by atoms with Crippen LogP contribution in [0.15, 0.2) is 42.5 Å². The number of hydrogen-bond acceptors (Lipinski definition) is 2. The van der Waals surface area contributed by atoms with E-state index < -0.39 is 5.41 Å². The van der Waals surface area contributed by atoms with Gasteiger partial charge >= 0.3 is 0 Å². The molecule has 0 aliphatic rings. The molecule has 0 aliphatic carbocycles. The van der Waals surface area contributed by atoms with Crippen LogP contribution in [-0.2, 0) is 21.5 Å². The zero-order chi connectivity index (χ0) is 26.3. The molecule has 0 bridgehead atoms. The Morgan fingerprint density at radius 1 is 0.771 bits per heavy atom. The Morgan fingerprint density at radius 3 is 1.89 bits per heavy atom. The number of carbonyl (C=O) groups excluding carboxylic acids is 2. The molecule has 0 aliphatic heterocycles. The number of rotatable bonds is 5. The van der Waals surface area contributed by atoms with Crippen LogP contribution in [0.1, 0.15) is 72.1 Å². The van der Waals surface area contributed by atoms with Gasteiger partial charge in [-0.3, -0.25) is 9.59 Å². The molecule has 0 saturated heterocycles. The van der Waals surface area contributed by atoms with Crippen LogP contribution in [0.4, 0.5) is 0 Å². The first-order valence-electron chi connectivity index (χ1n) is 12.3. The van der Waals surface area contributed by atoms with Crippen LogP contribution in [0.3, 0.4) is 0 Å². The largest absolute Gasteiger partial charge is 0.351 e. The molecule has 1 aromatic heterocycles. The summed E-state index contributed by atoms with van der Waals surface area (Å²) in [5.74, 6) is -0.0440. The number of carbonyl (C=O) groups is 2. The third kappa shape index (κ3) is 6.33. The zero-order valence-electron chi connectivity index (χ0n) is 23.0. The minimum Gasteiger partial charge on any atom is -0.351 e. The summed E-state index contributed by atoms with van der Waals surface area (Å²) in [4.78, 5) is 26.0. The number of hydrogen-bond donors (Lipinski definition) is 2. The first kappa shape index (κ1) is 26.5. The molecule has 0 saturated carbocycles. The lowest BCUT2D eigenvalue weighted by molar-refractivity contribution is -0.127. The van der Waals surface area contributed by atoms with Gasteiger partial charge in [0, 0.05) is 27.7 Å². The maximum absolute atomic E-state index is 13.1. The third-order valence-corrected chi connectivity index (χ3v) is 6.01. The molecule has 0 unspecified atom stereocenters. The maximum atomic E-state index is 13.1. The molecule has 2 aromatic carbocycles. The van der Waals surface area contributed by atoms with Crippen LogP contribution in [0.25, 0.3) is 22.2 Å². The quantitative estimate of drug-likeness (QED) is 0.473. The summed E-state index contributed by atoms with van der Waals surface area (Å²) >= 11 is 0. The molecule has 2 N–H and O–H groups in total. The van der Waals surface area contributed by atoms with E-state index in [9.17, 15) is 9.59 Å². The van der Waals surface area contributed by atoms with Gasteiger partial charge in [0.15, 0.2) is 0 Å². The van der Waals surface area contributed by atoms with Crippen LogP contribution < -0.4 is 10.6 Å². The van der Waals surface area contributed by atoms with Gasteiger partial charge in [-0.05, 0) is 111 Å². The monoisotopic (exact) mass is 475 g/mol. The second-order valence-corrected chi connectivity index (χ2v) is 12.4. The van der Waals surface area contributed by atoms with Gasteiger partial charge in [0.1, 0.15) is 6.54 Å². The van der Waals surface area contributed by atoms with Crippen LogP contribution in [-0.4, -0.2) is 27.5 Å². The molecule has 5 nitrogen and oxygen atoms in total. The minimum absolute atomic E-state index is 0.0112. The topological polar surface area (TPSA) is 63.1 Å². The van der Waals surface area contributed by atoms with Crippen molar-refractivity contribution in [2.75, 3.05) is 0 Å². The third-order valence-electron chi connectivity index (χ3n) is 6.01. The zero-order valence-corrected chi connectivity index (χ0v) is 23.0. The smallest absolute Gasteiger partial charge is 0.240 e. The first-order valence-corrected chi connectivity index (χ1v) is 12.3. The SMILES string of the molecule is Cc1cc(C)cc(-c2cc3cc(C(C)(C)C(=O)NC(C)(C)C)ccc3n2CC(=O)NC(C)(C)C)c1. The van der Waals surface area contributed by atoms with Crippen molar-refractivity contribution in [3.63, 3.8) is 0 Å². The minimum atomic E-state index is -0.701. The van der Waals surface area contributed by atoms with E-state index >= 15 is 0 Å². The van der Waals surface area contributed by atoms with Crippen molar-refractivity contribution < 1.29 is 9.59 Å². The average molecular weight is 476 g/mol. The summed E-state index contributed by atoms with van der Waals surface area (Å²) in [6.45, 7) is 20.2. The molecular weight excluding hydrogens is 434 g/mol. The summed E-state index contributed by atoms with van der Waals surface area (Å²) in [5.41, 5.74) is 5.02. The molecule has 0 atom stereocenters. The molecule has 5 heteroatoms. The van der Waals surface area contributed by atoms with Crippen molar-refractivity contribution in [1.82, 2.24) is 15.2 Å². The molecule has 1 heterocycles. The van der Waals surface area contributed by atoms with Gasteiger partial charge in [-0.15, -0.1) is 0 Å². The predicted octanol–water partition coefficient (Wildman–Crippen LogP) is 6.03. The van der Waals surface area contributed by atoms with Crippen molar-refractivity contribution in [3.8, 4) is 11.3 Å². The predicted molar refractivity (Wildman–Crippen MR) is 146 cm³/mol. The Kier molecular flexibility index (Phi) is 6.95. The second-order valence-electron chi connectivity index (χ2n) is 12.4. The highest BCUT2D eigenvalue weighted by Gasteiger charge is 2.32. The summed E-state index contributed by atoms with van der Waals surface area (Å²) < 4.78 is 2.08. The fourth-order valence-corrected chi connectivity index (χ4v) is 4.42. The summed E-state index contributed by atoms with van der Waals surface area (Å²) in [5, 5.41) is 7.21. The van der Waals surface area contributed by atoms with E-state index in [1.165, 1.54) is 11.1 Å². The molecule has 35 heavy (non-hydrogen) atoms. The molecular formula is C30H41N3O2. The fourth-order valence-electron chi connectivity index (χ4n) is 4.42. The molecule has 0 fully saturated rings. The number of nitrogens with one attached hydrogen (secondary N) is 2. The molecule has 3 rings (SSSR count). The van der Waals surface area contributed by atoms with E-state index in [0.717, 1.165) is 27.7 Å². The number of amides is 2. The van der Waals surface area contributed by atoms with Crippen LogP contribution >= 0.6 is 0 Å². The highest BCUT2D eigenvalue weighted by molar-refractivity contribution is 5.93.